The van der Waals surface area contributed by atoms with Gasteiger partial charge in [-0.05, 0) is 30.5 Å². The number of hydrogen-bond acceptors (Lipinski definition) is 7. The van der Waals surface area contributed by atoms with Crippen LogP contribution in [0.2, 0.25) is 0 Å². The Bertz CT molecular complexity index is 1170. The Morgan fingerprint density at radius 1 is 1.00 bits per heavy atom. The molecule has 1 aliphatic rings. The van der Waals surface area contributed by atoms with Crippen LogP contribution in [0.4, 0.5) is 5.82 Å². The summed E-state index contributed by atoms with van der Waals surface area (Å²) in [5, 5.41) is 12.3. The number of aryl methyl sites for hydroxylation is 1. The van der Waals surface area contributed by atoms with Gasteiger partial charge in [0.05, 0.1) is 14.2 Å². The number of fused-ring (bicyclic) bond motifs is 1. The third kappa shape index (κ3) is 3.22. The number of rotatable bonds is 7. The number of hydrogen-bond donors (Lipinski definition) is 1. The van der Waals surface area contributed by atoms with Crippen molar-refractivity contribution in [3.8, 4) is 11.5 Å². The summed E-state index contributed by atoms with van der Waals surface area (Å²) in [5.74, 6) is 4.36. The molecule has 9 nitrogen and oxygen atoms in total. The molecule has 3 heterocycles. The minimum Gasteiger partial charge on any atom is -0.497 e. The highest BCUT2D eigenvalue weighted by Crippen LogP contribution is 2.39. The number of imidazole rings is 1. The summed E-state index contributed by atoms with van der Waals surface area (Å²) in [6.45, 7) is 0. The molecule has 0 radical (unpaired) electrons. The predicted octanol–water partition coefficient (Wildman–Crippen LogP) is 2.95. The minimum atomic E-state index is -0.297. The monoisotopic (exact) mass is 405 g/mol. The van der Waals surface area contributed by atoms with Crippen molar-refractivity contribution >= 4 is 11.5 Å². The van der Waals surface area contributed by atoms with Crippen LogP contribution in [0.15, 0.2) is 43.0 Å². The van der Waals surface area contributed by atoms with Gasteiger partial charge in [0.1, 0.15) is 29.2 Å². The molecule has 0 saturated heterocycles. The zero-order valence-electron chi connectivity index (χ0n) is 17.1. The van der Waals surface area contributed by atoms with Crippen LogP contribution in [-0.2, 0) is 7.05 Å². The van der Waals surface area contributed by atoms with Gasteiger partial charge in [-0.2, -0.15) is 0 Å². The van der Waals surface area contributed by atoms with E-state index in [9.17, 15) is 0 Å². The van der Waals surface area contributed by atoms with Gasteiger partial charge < -0.3 is 19.4 Å². The lowest BCUT2D eigenvalue weighted by Gasteiger charge is -2.21. The Balaban J connectivity index is 1.61. The van der Waals surface area contributed by atoms with E-state index in [0.717, 1.165) is 30.1 Å². The van der Waals surface area contributed by atoms with E-state index in [-0.39, 0.29) is 6.04 Å². The zero-order valence-corrected chi connectivity index (χ0v) is 17.1. The second-order valence-electron chi connectivity index (χ2n) is 7.42. The summed E-state index contributed by atoms with van der Waals surface area (Å²) in [5.41, 5.74) is 1.64. The van der Waals surface area contributed by atoms with Gasteiger partial charge in [0, 0.05) is 43.8 Å². The Morgan fingerprint density at radius 3 is 2.37 bits per heavy atom. The summed E-state index contributed by atoms with van der Waals surface area (Å²) in [4.78, 5) is 9.13. The standard InChI is InChI=1S/C21H23N7O2/c1-27-8-6-23-20(27)17(14-10-15(29-2)12-16(11-14)30-3)24-18-21-26-25-19(13-4-5-13)28(21)9-7-22-18/h6-13,17H,4-5H2,1-3H3,(H,22,24). The van der Waals surface area contributed by atoms with Crippen molar-refractivity contribution in [1.29, 1.82) is 0 Å². The third-order valence-electron chi connectivity index (χ3n) is 5.40. The smallest absolute Gasteiger partial charge is 0.203 e. The maximum absolute atomic E-state index is 5.48. The van der Waals surface area contributed by atoms with E-state index < -0.39 is 0 Å². The van der Waals surface area contributed by atoms with Crippen molar-refractivity contribution in [3.05, 3.63) is 60.2 Å². The van der Waals surface area contributed by atoms with Crippen LogP contribution in [0.3, 0.4) is 0 Å². The van der Waals surface area contributed by atoms with Gasteiger partial charge in [0.25, 0.3) is 0 Å². The number of nitrogens with one attached hydrogen (secondary N) is 1. The Labute approximate surface area is 173 Å². The predicted molar refractivity (Wildman–Crippen MR) is 111 cm³/mol. The van der Waals surface area contributed by atoms with Crippen molar-refractivity contribution in [2.45, 2.75) is 24.8 Å². The first-order chi connectivity index (χ1) is 14.7. The highest BCUT2D eigenvalue weighted by atomic mass is 16.5. The molecule has 0 bridgehead atoms. The fourth-order valence-corrected chi connectivity index (χ4v) is 3.65. The molecule has 1 atom stereocenters. The molecule has 4 aromatic rings. The molecule has 1 N–H and O–H groups in total. The molecule has 1 aliphatic carbocycles. The van der Waals surface area contributed by atoms with Crippen molar-refractivity contribution < 1.29 is 9.47 Å². The highest BCUT2D eigenvalue weighted by Gasteiger charge is 2.30. The summed E-state index contributed by atoms with van der Waals surface area (Å²) in [7, 11) is 5.24. The molecule has 1 fully saturated rings. The first-order valence-corrected chi connectivity index (χ1v) is 9.84. The molecule has 1 saturated carbocycles. The fourth-order valence-electron chi connectivity index (χ4n) is 3.65. The van der Waals surface area contributed by atoms with E-state index in [1.54, 1.807) is 26.6 Å². The lowest BCUT2D eigenvalue weighted by atomic mass is 10.0. The minimum absolute atomic E-state index is 0.297. The normalized spacial score (nSPS) is 14.6. The van der Waals surface area contributed by atoms with E-state index in [4.69, 9.17) is 9.47 Å². The van der Waals surface area contributed by atoms with Crippen LogP contribution in [0.1, 0.15) is 42.0 Å². The number of aromatic nitrogens is 6. The quantitative estimate of drug-likeness (QED) is 0.505. The van der Waals surface area contributed by atoms with Crippen molar-refractivity contribution in [2.24, 2.45) is 7.05 Å². The third-order valence-corrected chi connectivity index (χ3v) is 5.40. The molecule has 1 unspecified atom stereocenters. The number of anilines is 1. The average molecular weight is 405 g/mol. The van der Waals surface area contributed by atoms with E-state index >= 15 is 0 Å². The van der Waals surface area contributed by atoms with Gasteiger partial charge in [-0.1, -0.05) is 0 Å². The zero-order chi connectivity index (χ0) is 20.7. The van der Waals surface area contributed by atoms with Gasteiger partial charge in [-0.25, -0.2) is 9.97 Å². The SMILES string of the molecule is COc1cc(OC)cc(C(Nc2nccn3c(C4CC4)nnc23)c2nccn2C)c1. The molecule has 5 rings (SSSR count). The molecule has 30 heavy (non-hydrogen) atoms. The first kappa shape index (κ1) is 18.4. The molecule has 9 heteroatoms. The van der Waals surface area contributed by atoms with Crippen molar-refractivity contribution in [3.63, 3.8) is 0 Å². The Hall–Kier alpha value is -3.62. The van der Waals surface area contributed by atoms with Crippen LogP contribution < -0.4 is 14.8 Å². The number of benzene rings is 1. The molecule has 3 aromatic heterocycles. The van der Waals surface area contributed by atoms with E-state index in [1.165, 1.54) is 0 Å². The lowest BCUT2D eigenvalue weighted by Crippen LogP contribution is -2.18. The Morgan fingerprint density at radius 2 is 1.73 bits per heavy atom. The maximum atomic E-state index is 5.48. The maximum Gasteiger partial charge on any atom is 0.203 e. The first-order valence-electron chi connectivity index (χ1n) is 9.84. The van der Waals surface area contributed by atoms with Crippen LogP contribution in [0, 0.1) is 0 Å². The summed E-state index contributed by atoms with van der Waals surface area (Å²) < 4.78 is 14.9. The van der Waals surface area contributed by atoms with E-state index in [2.05, 4.69) is 25.5 Å². The van der Waals surface area contributed by atoms with Crippen LogP contribution in [-0.4, -0.2) is 43.4 Å². The molecule has 0 amide bonds. The van der Waals surface area contributed by atoms with Gasteiger partial charge in [0.15, 0.2) is 5.82 Å². The van der Waals surface area contributed by atoms with Gasteiger partial charge >= 0.3 is 0 Å². The van der Waals surface area contributed by atoms with Crippen molar-refractivity contribution in [1.82, 2.24) is 29.1 Å². The second-order valence-corrected chi connectivity index (χ2v) is 7.42. The summed E-state index contributed by atoms with van der Waals surface area (Å²) in [6, 6.07) is 5.48. The summed E-state index contributed by atoms with van der Waals surface area (Å²) in [6.07, 6.45) is 9.69. The van der Waals surface area contributed by atoms with Gasteiger partial charge in [-0.3, -0.25) is 4.40 Å². The second kappa shape index (κ2) is 7.33. The molecule has 0 aliphatic heterocycles. The number of nitrogens with zero attached hydrogens (tertiary/aromatic N) is 6. The van der Waals surface area contributed by atoms with Crippen LogP contribution in [0.5, 0.6) is 11.5 Å². The van der Waals surface area contributed by atoms with Gasteiger partial charge in [0.2, 0.25) is 5.65 Å². The number of methoxy groups -OCH3 is 2. The molecular formula is C21H23N7O2. The van der Waals surface area contributed by atoms with Crippen LogP contribution in [0.25, 0.3) is 5.65 Å². The van der Waals surface area contributed by atoms with E-state index in [0.29, 0.717) is 28.9 Å². The molecular weight excluding hydrogens is 382 g/mol. The largest absolute Gasteiger partial charge is 0.497 e. The summed E-state index contributed by atoms with van der Waals surface area (Å²) >= 11 is 0. The van der Waals surface area contributed by atoms with Crippen molar-refractivity contribution in [2.75, 3.05) is 19.5 Å². The fraction of sp³-hybridized carbons (Fsp3) is 0.333. The number of ether oxygens (including phenoxy) is 2. The van der Waals surface area contributed by atoms with Crippen LogP contribution >= 0.6 is 0 Å². The van der Waals surface area contributed by atoms with Gasteiger partial charge in [-0.15, -0.1) is 10.2 Å². The molecule has 1 aromatic carbocycles. The topological polar surface area (TPSA) is 91.4 Å². The van der Waals surface area contributed by atoms with E-state index in [1.807, 2.05) is 46.6 Å². The Kier molecular flexibility index (Phi) is 4.50. The molecule has 154 valence electrons. The lowest BCUT2D eigenvalue weighted by molar-refractivity contribution is 0.393. The highest BCUT2D eigenvalue weighted by molar-refractivity contribution is 5.64. The molecule has 0 spiro atoms. The average Bonchev–Trinajstić information content (AvgIpc) is 3.38.